The lowest BCUT2D eigenvalue weighted by Crippen LogP contribution is -2.60. The molecule has 2 aliphatic heterocycles. The van der Waals surface area contributed by atoms with E-state index in [-0.39, 0.29) is 36.2 Å². The Bertz CT molecular complexity index is 1580. The van der Waals surface area contributed by atoms with Gasteiger partial charge in [0.25, 0.3) is 11.8 Å². The number of alkyl halides is 2. The van der Waals surface area contributed by atoms with E-state index < -0.39 is 45.2 Å². The van der Waals surface area contributed by atoms with E-state index in [1.54, 1.807) is 48.6 Å². The van der Waals surface area contributed by atoms with E-state index in [4.69, 9.17) is 27.9 Å². The van der Waals surface area contributed by atoms with Gasteiger partial charge in [0.15, 0.2) is 21.2 Å². The Kier molecular flexibility index (Phi) is 6.63. The summed E-state index contributed by atoms with van der Waals surface area (Å²) >= 11 is 17.6. The lowest BCUT2D eigenvalue weighted by Gasteiger charge is -2.49. The molecule has 0 bridgehead atoms. The van der Waals surface area contributed by atoms with E-state index in [0.717, 1.165) is 9.37 Å². The first kappa shape index (κ1) is 28.0. The molecule has 6 atom stereocenters. The summed E-state index contributed by atoms with van der Waals surface area (Å²) in [5, 5.41) is 10.00. The average Bonchev–Trinajstić information content (AvgIpc) is 3.28. The lowest BCUT2D eigenvalue weighted by atomic mass is 9.57. The Morgan fingerprint density at radius 3 is 2.41 bits per heavy atom. The maximum absolute atomic E-state index is 13.9. The smallest absolute Gasteiger partial charge is 0.253 e. The number of methoxy groups -OCH3 is 1. The molecule has 0 radical (unpaired) electrons. The van der Waals surface area contributed by atoms with Gasteiger partial charge in [-0.15, -0.1) is 23.2 Å². The standard InChI is InChI=1S/C30H25BrCl2N2O6/c1-34-27(39)29(32)14-20-18(9-10-19-24(20)26(38)35(25(19)37)17-7-5-16(31)6-8-17)21(30(29,33)28(34)40)11-3-15-4-12-22(36)23(13-15)41-2/h3-9,11-13,19-21,24,36H,10,14H2,1-2H3. The van der Waals surface area contributed by atoms with Crippen LogP contribution in [-0.2, 0) is 19.2 Å². The van der Waals surface area contributed by atoms with Gasteiger partial charge in [-0.05, 0) is 60.7 Å². The van der Waals surface area contributed by atoms with Gasteiger partial charge in [-0.1, -0.05) is 45.8 Å². The highest BCUT2D eigenvalue weighted by atomic mass is 79.9. The predicted molar refractivity (Wildman–Crippen MR) is 157 cm³/mol. The molecule has 6 unspecified atom stereocenters. The summed E-state index contributed by atoms with van der Waals surface area (Å²) in [6, 6.07) is 11.7. The minimum atomic E-state index is -1.84. The van der Waals surface area contributed by atoms with Crippen molar-refractivity contribution < 1.29 is 29.0 Å². The molecule has 212 valence electrons. The van der Waals surface area contributed by atoms with Crippen LogP contribution in [0.15, 0.2) is 64.7 Å². The number of nitrogens with zero attached hydrogens (tertiary/aromatic N) is 2. The van der Waals surface area contributed by atoms with E-state index in [2.05, 4.69) is 15.9 Å². The van der Waals surface area contributed by atoms with Crippen molar-refractivity contribution in [3.05, 3.63) is 70.2 Å². The highest BCUT2D eigenvalue weighted by Crippen LogP contribution is 2.63. The Balaban J connectivity index is 1.45. The van der Waals surface area contributed by atoms with Crippen LogP contribution in [0.1, 0.15) is 18.4 Å². The zero-order chi connectivity index (χ0) is 29.4. The van der Waals surface area contributed by atoms with Crippen LogP contribution in [-0.4, -0.2) is 57.5 Å². The van der Waals surface area contributed by atoms with Gasteiger partial charge in [-0.25, -0.2) is 0 Å². The number of phenols is 1. The summed E-state index contributed by atoms with van der Waals surface area (Å²) in [7, 11) is 2.78. The quantitative estimate of drug-likeness (QED) is 0.285. The highest BCUT2D eigenvalue weighted by molar-refractivity contribution is 9.10. The summed E-state index contributed by atoms with van der Waals surface area (Å²) in [6.07, 6.45) is 5.53. The third kappa shape index (κ3) is 3.85. The fourth-order valence-corrected chi connectivity index (χ4v) is 8.08. The second-order valence-corrected chi connectivity index (χ2v) is 13.0. The Hall–Kier alpha value is -3.14. The highest BCUT2D eigenvalue weighted by Gasteiger charge is 2.75. The van der Waals surface area contributed by atoms with E-state index in [9.17, 15) is 24.3 Å². The number of benzene rings is 2. The van der Waals surface area contributed by atoms with Crippen LogP contribution < -0.4 is 9.64 Å². The molecule has 8 nitrogen and oxygen atoms in total. The number of anilines is 1. The summed E-state index contributed by atoms with van der Waals surface area (Å²) in [5.41, 5.74) is 1.82. The predicted octanol–water partition coefficient (Wildman–Crippen LogP) is 4.90. The topological polar surface area (TPSA) is 104 Å². The zero-order valence-corrected chi connectivity index (χ0v) is 25.1. The van der Waals surface area contributed by atoms with Crippen LogP contribution in [0.25, 0.3) is 6.08 Å². The Labute approximate surface area is 254 Å². The van der Waals surface area contributed by atoms with Gasteiger partial charge in [-0.3, -0.25) is 29.0 Å². The molecule has 2 aliphatic carbocycles. The number of carbonyl (C=O) groups excluding carboxylic acids is 4. The van der Waals surface area contributed by atoms with Gasteiger partial charge in [0, 0.05) is 17.4 Å². The molecule has 2 saturated heterocycles. The number of hydrogen-bond donors (Lipinski definition) is 1. The maximum Gasteiger partial charge on any atom is 0.253 e. The van der Waals surface area contributed by atoms with Crippen molar-refractivity contribution in [1.82, 2.24) is 4.90 Å². The Morgan fingerprint density at radius 1 is 1.02 bits per heavy atom. The molecule has 4 aliphatic rings. The first-order valence-corrected chi connectivity index (χ1v) is 14.6. The minimum absolute atomic E-state index is 0.0325. The van der Waals surface area contributed by atoms with E-state index >= 15 is 0 Å². The molecular weight excluding hydrogens is 635 g/mol. The molecule has 41 heavy (non-hydrogen) atoms. The number of allylic oxidation sites excluding steroid dienone is 3. The van der Waals surface area contributed by atoms with Crippen molar-refractivity contribution in [1.29, 1.82) is 0 Å². The summed E-state index contributed by atoms with van der Waals surface area (Å²) in [4.78, 5) is 53.0. The third-order valence-electron chi connectivity index (χ3n) is 8.84. The van der Waals surface area contributed by atoms with Crippen molar-refractivity contribution in [2.45, 2.75) is 22.6 Å². The van der Waals surface area contributed by atoms with Crippen LogP contribution in [0.5, 0.6) is 11.5 Å². The number of imide groups is 2. The minimum Gasteiger partial charge on any atom is -0.504 e. The van der Waals surface area contributed by atoms with Crippen LogP contribution in [0.4, 0.5) is 5.69 Å². The molecule has 0 aromatic heterocycles. The number of likely N-dealkylation sites (tertiary alicyclic amines) is 1. The van der Waals surface area contributed by atoms with Crippen molar-refractivity contribution in [2.75, 3.05) is 19.1 Å². The van der Waals surface area contributed by atoms with Gasteiger partial charge < -0.3 is 9.84 Å². The third-order valence-corrected chi connectivity index (χ3v) is 10.8. The average molecular weight is 660 g/mol. The summed E-state index contributed by atoms with van der Waals surface area (Å²) < 4.78 is 6.02. The molecule has 4 amide bonds. The molecule has 11 heteroatoms. The zero-order valence-electron chi connectivity index (χ0n) is 22.0. The summed E-state index contributed by atoms with van der Waals surface area (Å²) in [5.74, 6) is -4.54. The molecule has 1 saturated carbocycles. The fourth-order valence-electron chi connectivity index (χ4n) is 6.84. The number of hydrogen-bond acceptors (Lipinski definition) is 6. The molecule has 2 aromatic rings. The van der Waals surface area contributed by atoms with Crippen molar-refractivity contribution in [3.8, 4) is 11.5 Å². The molecule has 2 heterocycles. The van der Waals surface area contributed by atoms with Crippen molar-refractivity contribution >= 4 is 74.5 Å². The molecule has 6 rings (SSSR count). The fraction of sp³-hybridized carbons (Fsp3) is 0.333. The Morgan fingerprint density at radius 2 is 1.73 bits per heavy atom. The molecule has 0 spiro atoms. The molecule has 3 fully saturated rings. The number of aromatic hydroxyl groups is 1. The molecule has 1 N–H and O–H groups in total. The van der Waals surface area contributed by atoms with Gasteiger partial charge >= 0.3 is 0 Å². The monoisotopic (exact) mass is 658 g/mol. The number of amides is 4. The number of fused-ring (bicyclic) bond motifs is 4. The number of halogens is 3. The van der Waals surface area contributed by atoms with E-state index in [1.165, 1.54) is 25.1 Å². The maximum atomic E-state index is 13.9. The lowest BCUT2D eigenvalue weighted by molar-refractivity contribution is -0.138. The van der Waals surface area contributed by atoms with Crippen LogP contribution in [0.3, 0.4) is 0 Å². The van der Waals surface area contributed by atoms with Crippen LogP contribution >= 0.6 is 39.1 Å². The largest absolute Gasteiger partial charge is 0.504 e. The first-order chi connectivity index (χ1) is 19.4. The van der Waals surface area contributed by atoms with Gasteiger partial charge in [0.2, 0.25) is 11.8 Å². The number of ether oxygens (including phenoxy) is 1. The number of carbonyl (C=O) groups is 4. The van der Waals surface area contributed by atoms with Crippen LogP contribution in [0.2, 0.25) is 0 Å². The van der Waals surface area contributed by atoms with Gasteiger partial charge in [0.05, 0.1) is 24.6 Å². The molecular formula is C30H25BrCl2N2O6. The van der Waals surface area contributed by atoms with Gasteiger partial charge in [0.1, 0.15) is 0 Å². The second kappa shape index (κ2) is 9.71. The second-order valence-electron chi connectivity index (χ2n) is 10.8. The summed E-state index contributed by atoms with van der Waals surface area (Å²) in [6.45, 7) is 0. The van der Waals surface area contributed by atoms with Gasteiger partial charge in [-0.2, -0.15) is 0 Å². The number of rotatable bonds is 4. The van der Waals surface area contributed by atoms with Crippen molar-refractivity contribution in [2.24, 2.45) is 23.7 Å². The number of phenolic OH excluding ortho intramolecular Hbond substituents is 1. The first-order valence-electron chi connectivity index (χ1n) is 13.0. The van der Waals surface area contributed by atoms with Crippen LogP contribution in [0, 0.1) is 23.7 Å². The van der Waals surface area contributed by atoms with Crippen molar-refractivity contribution in [3.63, 3.8) is 0 Å². The van der Waals surface area contributed by atoms with E-state index in [1.807, 2.05) is 6.08 Å². The normalized spacial score (nSPS) is 32.8. The SMILES string of the molecule is COc1cc(C=CC2C3=CCC4C(=O)N(c5ccc(Br)cc5)C(=O)C4C3CC3(Cl)C(=O)N(C)C(=O)C23Cl)ccc1O. The molecule has 2 aromatic carbocycles. The van der Waals surface area contributed by atoms with E-state index in [0.29, 0.717) is 16.8 Å².